The van der Waals surface area contributed by atoms with Gasteiger partial charge in [0.05, 0.1) is 5.69 Å². The van der Waals surface area contributed by atoms with Gasteiger partial charge in [-0.15, -0.1) is 0 Å². The first kappa shape index (κ1) is 15.0. The molecule has 1 saturated carbocycles. The van der Waals surface area contributed by atoms with Crippen LogP contribution in [0.3, 0.4) is 0 Å². The van der Waals surface area contributed by atoms with Gasteiger partial charge in [0.2, 0.25) is 0 Å². The molecular formula is C19H22FNO. The van der Waals surface area contributed by atoms with Gasteiger partial charge in [-0.3, -0.25) is 4.79 Å². The number of carbonyl (C=O) groups excluding carboxylic acids is 1. The quantitative estimate of drug-likeness (QED) is 0.739. The van der Waals surface area contributed by atoms with Gasteiger partial charge in [-0.1, -0.05) is 44.2 Å². The number of halogens is 1. The fourth-order valence-corrected chi connectivity index (χ4v) is 3.46. The number of hydrogen-bond donors (Lipinski definition) is 0. The van der Waals surface area contributed by atoms with Crippen LogP contribution in [-0.2, 0) is 13.0 Å². The molecule has 22 heavy (non-hydrogen) atoms. The molecule has 0 spiro atoms. The Hall–Kier alpha value is -1.90. The van der Waals surface area contributed by atoms with Crippen LogP contribution >= 0.6 is 0 Å². The summed E-state index contributed by atoms with van der Waals surface area (Å²) < 4.78 is 15.1. The number of aromatic nitrogens is 1. The summed E-state index contributed by atoms with van der Waals surface area (Å²) in [4.78, 5) is 11.3. The summed E-state index contributed by atoms with van der Waals surface area (Å²) in [6, 6.07) is 10.5. The summed E-state index contributed by atoms with van der Waals surface area (Å²) in [6.45, 7) is 0.628. The molecule has 1 aromatic heterocycles. The molecule has 3 rings (SSSR count). The van der Waals surface area contributed by atoms with Crippen molar-refractivity contribution in [3.8, 4) is 0 Å². The van der Waals surface area contributed by atoms with Crippen LogP contribution in [0.5, 0.6) is 0 Å². The minimum atomic E-state index is -0.228. The van der Waals surface area contributed by atoms with Gasteiger partial charge >= 0.3 is 0 Å². The third kappa shape index (κ3) is 3.46. The van der Waals surface area contributed by atoms with Crippen molar-refractivity contribution < 1.29 is 9.18 Å². The van der Waals surface area contributed by atoms with Gasteiger partial charge in [0.1, 0.15) is 5.82 Å². The maximum atomic E-state index is 13.0. The molecule has 0 bridgehead atoms. The molecular weight excluding hydrogens is 277 g/mol. The molecule has 1 heterocycles. The summed E-state index contributed by atoms with van der Waals surface area (Å²) in [5.74, 6) is 0.504. The lowest BCUT2D eigenvalue weighted by atomic mass is 9.86. The van der Waals surface area contributed by atoms with Gasteiger partial charge in [0, 0.05) is 12.2 Å². The number of nitrogens with zero attached hydrogens (tertiary/aromatic N) is 1. The second kappa shape index (κ2) is 6.91. The van der Waals surface area contributed by atoms with Crippen LogP contribution in [0, 0.1) is 11.7 Å². The van der Waals surface area contributed by atoms with E-state index in [2.05, 4.69) is 10.6 Å². The summed E-state index contributed by atoms with van der Waals surface area (Å²) in [7, 11) is 0. The summed E-state index contributed by atoms with van der Waals surface area (Å²) in [5.41, 5.74) is 2.94. The van der Waals surface area contributed by atoms with Crippen LogP contribution in [0.25, 0.3) is 0 Å². The van der Waals surface area contributed by atoms with Crippen molar-refractivity contribution >= 4 is 6.29 Å². The van der Waals surface area contributed by atoms with Crippen LogP contribution in [-0.4, -0.2) is 10.9 Å². The largest absolute Gasteiger partial charge is 0.338 e. The zero-order valence-electron chi connectivity index (χ0n) is 12.8. The van der Waals surface area contributed by atoms with Crippen molar-refractivity contribution in [1.82, 2.24) is 4.57 Å². The number of aldehydes is 1. The topological polar surface area (TPSA) is 22.0 Å². The van der Waals surface area contributed by atoms with E-state index >= 15 is 0 Å². The van der Waals surface area contributed by atoms with Gasteiger partial charge < -0.3 is 4.57 Å². The van der Waals surface area contributed by atoms with Gasteiger partial charge in [-0.2, -0.15) is 0 Å². The Balaban J connectivity index is 1.80. The number of carbonyl (C=O) groups is 1. The maximum absolute atomic E-state index is 13.0. The number of benzene rings is 1. The molecule has 3 heteroatoms. The molecule has 2 nitrogen and oxygen atoms in total. The molecule has 0 N–H and O–H groups in total. The second-order valence-corrected chi connectivity index (χ2v) is 6.29. The Morgan fingerprint density at radius 1 is 1.05 bits per heavy atom. The van der Waals surface area contributed by atoms with Crippen molar-refractivity contribution in [3.05, 3.63) is 59.2 Å². The van der Waals surface area contributed by atoms with Crippen LogP contribution < -0.4 is 0 Å². The predicted octanol–water partition coefficient (Wildman–Crippen LogP) is 4.61. The van der Waals surface area contributed by atoms with E-state index in [0.717, 1.165) is 24.2 Å². The van der Waals surface area contributed by atoms with Crippen molar-refractivity contribution in [3.63, 3.8) is 0 Å². The van der Waals surface area contributed by atoms with Crippen LogP contribution in [0.4, 0.5) is 4.39 Å². The number of rotatable bonds is 5. The SMILES string of the molecule is O=Cc1ccc(CC2CCCCC2)n1Cc1ccc(F)cc1. The van der Waals surface area contributed by atoms with E-state index < -0.39 is 0 Å². The minimum Gasteiger partial charge on any atom is -0.338 e. The Kier molecular flexibility index (Phi) is 4.71. The fraction of sp³-hybridized carbons (Fsp3) is 0.421. The van der Waals surface area contributed by atoms with Crippen LogP contribution in [0.2, 0.25) is 0 Å². The third-order valence-corrected chi connectivity index (χ3v) is 4.70. The zero-order chi connectivity index (χ0) is 15.4. The first-order chi connectivity index (χ1) is 10.8. The monoisotopic (exact) mass is 299 g/mol. The van der Waals surface area contributed by atoms with E-state index in [-0.39, 0.29) is 5.82 Å². The highest BCUT2D eigenvalue weighted by atomic mass is 19.1. The van der Waals surface area contributed by atoms with Crippen LogP contribution in [0.15, 0.2) is 36.4 Å². The van der Waals surface area contributed by atoms with Crippen molar-refractivity contribution in [1.29, 1.82) is 0 Å². The smallest absolute Gasteiger partial charge is 0.166 e. The van der Waals surface area contributed by atoms with Gasteiger partial charge in [-0.05, 0) is 42.2 Å². The minimum absolute atomic E-state index is 0.228. The van der Waals surface area contributed by atoms with Gasteiger partial charge in [0.25, 0.3) is 0 Å². The molecule has 1 fully saturated rings. The molecule has 116 valence electrons. The van der Waals surface area contributed by atoms with E-state index in [0.29, 0.717) is 12.2 Å². The highest BCUT2D eigenvalue weighted by molar-refractivity contribution is 5.72. The summed E-state index contributed by atoms with van der Waals surface area (Å²) in [5, 5.41) is 0. The van der Waals surface area contributed by atoms with Crippen LogP contribution in [0.1, 0.15) is 53.8 Å². The standard InChI is InChI=1S/C19H22FNO/c20-17-8-6-16(7-9-17)13-21-18(10-11-19(21)14-22)12-15-4-2-1-3-5-15/h6-11,14-15H,1-5,12-13H2. The lowest BCUT2D eigenvalue weighted by Gasteiger charge is -2.22. The first-order valence-electron chi connectivity index (χ1n) is 8.14. The maximum Gasteiger partial charge on any atom is 0.166 e. The molecule has 0 amide bonds. The Morgan fingerprint density at radius 3 is 2.45 bits per heavy atom. The summed E-state index contributed by atoms with van der Waals surface area (Å²) >= 11 is 0. The van der Waals surface area contributed by atoms with Crippen molar-refractivity contribution in [2.75, 3.05) is 0 Å². The average molecular weight is 299 g/mol. The molecule has 0 saturated heterocycles. The van der Waals surface area contributed by atoms with Gasteiger partial charge in [0.15, 0.2) is 6.29 Å². The molecule has 0 atom stereocenters. The van der Waals surface area contributed by atoms with Crippen molar-refractivity contribution in [2.45, 2.75) is 45.1 Å². The van der Waals surface area contributed by atoms with E-state index in [9.17, 15) is 9.18 Å². The summed E-state index contributed by atoms with van der Waals surface area (Å²) in [6.07, 6.45) is 8.53. The van der Waals surface area contributed by atoms with E-state index in [4.69, 9.17) is 0 Å². The van der Waals surface area contributed by atoms with E-state index in [1.54, 1.807) is 12.1 Å². The van der Waals surface area contributed by atoms with Gasteiger partial charge in [-0.25, -0.2) is 4.39 Å². The lowest BCUT2D eigenvalue weighted by Crippen LogP contribution is -2.14. The lowest BCUT2D eigenvalue weighted by molar-refractivity contribution is 0.111. The highest BCUT2D eigenvalue weighted by Gasteiger charge is 2.17. The van der Waals surface area contributed by atoms with E-state index in [1.807, 2.05) is 6.07 Å². The third-order valence-electron chi connectivity index (χ3n) is 4.70. The van der Waals surface area contributed by atoms with Crippen molar-refractivity contribution in [2.24, 2.45) is 5.92 Å². The molecule has 1 aliphatic carbocycles. The molecule has 2 aromatic rings. The number of hydrogen-bond acceptors (Lipinski definition) is 1. The molecule has 1 aliphatic rings. The average Bonchev–Trinajstić information content (AvgIpc) is 2.92. The predicted molar refractivity (Wildman–Crippen MR) is 85.6 cm³/mol. The Labute approximate surface area is 131 Å². The molecule has 0 radical (unpaired) electrons. The van der Waals surface area contributed by atoms with E-state index in [1.165, 1.54) is 49.9 Å². The fourth-order valence-electron chi connectivity index (χ4n) is 3.46. The molecule has 0 aliphatic heterocycles. The molecule has 0 unspecified atom stereocenters. The normalized spacial score (nSPS) is 15.9. The highest BCUT2D eigenvalue weighted by Crippen LogP contribution is 2.27. The first-order valence-corrected chi connectivity index (χ1v) is 8.14. The zero-order valence-corrected chi connectivity index (χ0v) is 12.8. The second-order valence-electron chi connectivity index (χ2n) is 6.29. The Bertz CT molecular complexity index is 623. The Morgan fingerprint density at radius 2 is 1.77 bits per heavy atom. The molecule has 1 aromatic carbocycles.